The lowest BCUT2D eigenvalue weighted by molar-refractivity contribution is -0.384. The van der Waals surface area contributed by atoms with Crippen molar-refractivity contribution in [3.05, 3.63) is 45.6 Å². The second-order valence-electron chi connectivity index (χ2n) is 5.34. The molecule has 0 radical (unpaired) electrons. The molecule has 2 aromatic rings. The third kappa shape index (κ3) is 3.15. The van der Waals surface area contributed by atoms with E-state index in [2.05, 4.69) is 10.4 Å². The summed E-state index contributed by atoms with van der Waals surface area (Å²) in [6, 6.07) is 5.74. The lowest BCUT2D eigenvalue weighted by Gasteiger charge is -2.09. The molecule has 0 aliphatic heterocycles. The molecule has 1 aromatic heterocycles. The summed E-state index contributed by atoms with van der Waals surface area (Å²) in [4.78, 5) is 22.2. The maximum Gasteiger partial charge on any atom is 0.273 e. The van der Waals surface area contributed by atoms with Crippen LogP contribution >= 0.6 is 0 Å². The third-order valence-corrected chi connectivity index (χ3v) is 3.73. The molecule has 0 saturated carbocycles. The average Bonchev–Trinajstić information content (AvgIpc) is 3.08. The van der Waals surface area contributed by atoms with E-state index < -0.39 is 4.92 Å². The Bertz CT molecular complexity index is 769. The molecule has 120 valence electrons. The fraction of sp³-hybridized carbons (Fsp3) is 0.333. The largest absolute Gasteiger partial charge is 0.484 e. The van der Waals surface area contributed by atoms with Crippen LogP contribution in [0.1, 0.15) is 17.7 Å². The second-order valence-corrected chi connectivity index (χ2v) is 5.34. The Morgan fingerprint density at radius 2 is 2.30 bits per heavy atom. The van der Waals surface area contributed by atoms with Crippen LogP contribution < -0.4 is 10.1 Å². The van der Waals surface area contributed by atoms with Crippen molar-refractivity contribution in [1.82, 2.24) is 9.78 Å². The summed E-state index contributed by atoms with van der Waals surface area (Å²) in [5, 5.41) is 17.9. The molecule has 8 nitrogen and oxygen atoms in total. The van der Waals surface area contributed by atoms with E-state index in [9.17, 15) is 14.9 Å². The Hall–Kier alpha value is -2.90. The summed E-state index contributed by atoms with van der Waals surface area (Å²) < 4.78 is 6.98. The summed E-state index contributed by atoms with van der Waals surface area (Å²) in [5.41, 5.74) is 2.03. The zero-order valence-corrected chi connectivity index (χ0v) is 12.6. The van der Waals surface area contributed by atoms with Gasteiger partial charge >= 0.3 is 0 Å². The molecule has 3 rings (SSSR count). The number of non-ortho nitro benzene ring substituents is 1. The van der Waals surface area contributed by atoms with E-state index >= 15 is 0 Å². The predicted molar refractivity (Wildman–Crippen MR) is 82.5 cm³/mol. The molecule has 23 heavy (non-hydrogen) atoms. The standard InChI is InChI=1S/C15H16N4O4/c1-18-15(12-6-3-7-13(12)17-18)16-14(20)9-23-11-5-2-4-10(8-11)19(21)22/h2,4-5,8H,3,6-7,9H2,1H3,(H,16,20). The first-order valence-electron chi connectivity index (χ1n) is 7.26. The first-order chi connectivity index (χ1) is 11.0. The molecule has 8 heteroatoms. The molecule has 0 spiro atoms. The van der Waals surface area contributed by atoms with Crippen LogP contribution in [0.25, 0.3) is 0 Å². The molecule has 1 aromatic carbocycles. The van der Waals surface area contributed by atoms with Crippen molar-refractivity contribution in [3.63, 3.8) is 0 Å². The zero-order chi connectivity index (χ0) is 16.4. The quantitative estimate of drug-likeness (QED) is 0.670. The average molecular weight is 316 g/mol. The van der Waals surface area contributed by atoms with Crippen LogP contribution in [0.5, 0.6) is 5.75 Å². The molecular formula is C15H16N4O4. The van der Waals surface area contributed by atoms with E-state index in [1.807, 2.05) is 0 Å². The van der Waals surface area contributed by atoms with E-state index in [4.69, 9.17) is 4.74 Å². The third-order valence-electron chi connectivity index (χ3n) is 3.73. The van der Waals surface area contributed by atoms with Gasteiger partial charge in [0.1, 0.15) is 11.6 Å². The minimum atomic E-state index is -0.508. The highest BCUT2D eigenvalue weighted by Gasteiger charge is 2.22. The number of amides is 1. The van der Waals surface area contributed by atoms with Crippen molar-refractivity contribution in [1.29, 1.82) is 0 Å². The number of ether oxygens (including phenoxy) is 1. The number of carbonyl (C=O) groups excluding carboxylic acids is 1. The molecule has 0 atom stereocenters. The smallest absolute Gasteiger partial charge is 0.273 e. The highest BCUT2D eigenvalue weighted by atomic mass is 16.6. The van der Waals surface area contributed by atoms with E-state index in [1.165, 1.54) is 18.2 Å². The summed E-state index contributed by atoms with van der Waals surface area (Å²) in [6.45, 7) is -0.221. The highest BCUT2D eigenvalue weighted by molar-refractivity contribution is 5.92. The van der Waals surface area contributed by atoms with Crippen molar-refractivity contribution in [3.8, 4) is 5.75 Å². The number of fused-ring (bicyclic) bond motifs is 1. The normalized spacial score (nSPS) is 12.7. The van der Waals surface area contributed by atoms with E-state index in [1.54, 1.807) is 17.8 Å². The van der Waals surface area contributed by atoms with Crippen LogP contribution in [0.15, 0.2) is 24.3 Å². The van der Waals surface area contributed by atoms with E-state index in [-0.39, 0.29) is 24.0 Å². The zero-order valence-electron chi connectivity index (χ0n) is 12.6. The lowest BCUT2D eigenvalue weighted by Crippen LogP contribution is -2.22. The molecule has 0 unspecified atom stereocenters. The SMILES string of the molecule is Cn1nc2c(c1NC(=O)COc1cccc([N+](=O)[O-])c1)CCC2. The topological polar surface area (TPSA) is 99.3 Å². The summed E-state index contributed by atoms with van der Waals surface area (Å²) in [7, 11) is 1.79. The first kappa shape index (κ1) is 15.0. The minimum Gasteiger partial charge on any atom is -0.484 e. The molecule has 1 heterocycles. The van der Waals surface area contributed by atoms with Crippen LogP contribution in [0.4, 0.5) is 11.5 Å². The van der Waals surface area contributed by atoms with Gasteiger partial charge in [-0.15, -0.1) is 0 Å². The van der Waals surface area contributed by atoms with Crippen LogP contribution in [0, 0.1) is 10.1 Å². The number of aromatic nitrogens is 2. The molecule has 1 aliphatic rings. The Balaban J connectivity index is 1.62. The van der Waals surface area contributed by atoms with Gasteiger partial charge in [-0.3, -0.25) is 19.6 Å². The number of anilines is 1. The van der Waals surface area contributed by atoms with Gasteiger partial charge in [0.2, 0.25) is 0 Å². The number of nitrogens with one attached hydrogen (secondary N) is 1. The van der Waals surface area contributed by atoms with Gasteiger partial charge in [-0.1, -0.05) is 6.07 Å². The lowest BCUT2D eigenvalue weighted by atomic mass is 10.2. The molecule has 0 bridgehead atoms. The van der Waals surface area contributed by atoms with Gasteiger partial charge in [0.15, 0.2) is 6.61 Å². The molecule has 1 aliphatic carbocycles. The monoisotopic (exact) mass is 316 g/mol. The van der Waals surface area contributed by atoms with E-state index in [0.29, 0.717) is 5.82 Å². The van der Waals surface area contributed by atoms with Gasteiger partial charge in [-0.25, -0.2) is 0 Å². The van der Waals surface area contributed by atoms with Gasteiger partial charge < -0.3 is 10.1 Å². The number of aryl methyl sites for hydroxylation is 2. The Labute approximate surface area is 132 Å². The number of rotatable bonds is 5. The Morgan fingerprint density at radius 3 is 3.09 bits per heavy atom. The maximum absolute atomic E-state index is 12.0. The van der Waals surface area contributed by atoms with Gasteiger partial charge in [-0.05, 0) is 25.3 Å². The summed E-state index contributed by atoms with van der Waals surface area (Å²) >= 11 is 0. The first-order valence-corrected chi connectivity index (χ1v) is 7.26. The van der Waals surface area contributed by atoms with Crippen LogP contribution in [-0.4, -0.2) is 27.2 Å². The minimum absolute atomic E-state index is 0.0765. The maximum atomic E-state index is 12.0. The number of nitro benzene ring substituents is 1. The fourth-order valence-corrected chi connectivity index (χ4v) is 2.68. The summed E-state index contributed by atoms with van der Waals surface area (Å²) in [5.74, 6) is 0.656. The number of carbonyl (C=O) groups is 1. The number of nitrogens with zero attached hydrogens (tertiary/aromatic N) is 3. The van der Waals surface area contributed by atoms with Crippen LogP contribution in [-0.2, 0) is 24.7 Å². The molecule has 0 saturated heterocycles. The number of nitro groups is 1. The van der Waals surface area contributed by atoms with Gasteiger partial charge in [0, 0.05) is 18.7 Å². The van der Waals surface area contributed by atoms with Crippen molar-refractivity contribution in [2.24, 2.45) is 7.05 Å². The van der Waals surface area contributed by atoms with E-state index in [0.717, 1.165) is 30.5 Å². The fourth-order valence-electron chi connectivity index (χ4n) is 2.68. The van der Waals surface area contributed by atoms with Crippen molar-refractivity contribution in [2.75, 3.05) is 11.9 Å². The number of hydrogen-bond donors (Lipinski definition) is 1. The van der Waals surface area contributed by atoms with Gasteiger partial charge in [0.25, 0.3) is 11.6 Å². The highest BCUT2D eigenvalue weighted by Crippen LogP contribution is 2.28. The number of hydrogen-bond acceptors (Lipinski definition) is 5. The van der Waals surface area contributed by atoms with Crippen molar-refractivity contribution >= 4 is 17.4 Å². The molecule has 1 N–H and O–H groups in total. The Morgan fingerprint density at radius 1 is 1.48 bits per heavy atom. The predicted octanol–water partition coefficient (Wildman–Crippen LogP) is 1.83. The van der Waals surface area contributed by atoms with Gasteiger partial charge in [-0.2, -0.15) is 5.10 Å². The Kier molecular flexibility index (Phi) is 3.96. The molecule has 1 amide bonds. The van der Waals surface area contributed by atoms with Crippen LogP contribution in [0.3, 0.4) is 0 Å². The summed E-state index contributed by atoms with van der Waals surface area (Å²) in [6.07, 6.45) is 2.89. The van der Waals surface area contributed by atoms with Crippen LogP contribution in [0.2, 0.25) is 0 Å². The second kappa shape index (κ2) is 6.07. The van der Waals surface area contributed by atoms with Gasteiger partial charge in [0.05, 0.1) is 16.7 Å². The molecular weight excluding hydrogens is 300 g/mol. The number of benzene rings is 1. The molecule has 0 fully saturated rings. The van der Waals surface area contributed by atoms with Crippen molar-refractivity contribution in [2.45, 2.75) is 19.3 Å². The van der Waals surface area contributed by atoms with Crippen molar-refractivity contribution < 1.29 is 14.5 Å².